The normalized spacial score (nSPS) is 18.8. The maximum absolute atomic E-state index is 13.0. The van der Waals surface area contributed by atoms with Crippen LogP contribution in [0.25, 0.3) is 10.9 Å². The number of carboxylic acid groups (broad SMARTS) is 1. The lowest BCUT2D eigenvalue weighted by atomic mass is 9.92. The fourth-order valence-electron chi connectivity index (χ4n) is 4.55. The van der Waals surface area contributed by atoms with Crippen molar-refractivity contribution < 1.29 is 19.5 Å². The third kappa shape index (κ3) is 6.34. The molecule has 1 aliphatic heterocycles. The summed E-state index contributed by atoms with van der Waals surface area (Å²) in [4.78, 5) is 37.4. The number of rotatable bonds is 6. The highest BCUT2D eigenvalue weighted by Crippen LogP contribution is 2.24. The topological polar surface area (TPSA) is 100 Å². The van der Waals surface area contributed by atoms with E-state index in [9.17, 15) is 19.5 Å². The number of amides is 2. The van der Waals surface area contributed by atoms with Crippen molar-refractivity contribution in [3.8, 4) is 0 Å². The average molecular weight is 442 g/mol. The van der Waals surface area contributed by atoms with Crippen LogP contribution in [0.2, 0.25) is 0 Å². The van der Waals surface area contributed by atoms with E-state index < -0.39 is 17.9 Å². The van der Waals surface area contributed by atoms with Gasteiger partial charge >= 0.3 is 5.97 Å². The van der Waals surface area contributed by atoms with E-state index in [1.165, 1.54) is 0 Å². The summed E-state index contributed by atoms with van der Waals surface area (Å²) in [5, 5.41) is 16.2. The molecular weight excluding hydrogens is 406 g/mol. The molecule has 2 atom stereocenters. The minimum Gasteiger partial charge on any atom is -0.481 e. The molecule has 174 valence electrons. The van der Waals surface area contributed by atoms with Crippen LogP contribution in [0.4, 0.5) is 0 Å². The number of nitrogens with one attached hydrogen (secondary N) is 2. The summed E-state index contributed by atoms with van der Waals surface area (Å²) < 4.78 is 2.24. The minimum atomic E-state index is -1.01. The van der Waals surface area contributed by atoms with Gasteiger partial charge in [0.1, 0.15) is 6.04 Å². The largest absolute Gasteiger partial charge is 0.481 e. The zero-order valence-electron chi connectivity index (χ0n) is 19.1. The molecule has 0 radical (unpaired) electrons. The summed E-state index contributed by atoms with van der Waals surface area (Å²) in [5.41, 5.74) is 2.15. The van der Waals surface area contributed by atoms with E-state index >= 15 is 0 Å². The maximum Gasteiger partial charge on any atom is 0.304 e. The van der Waals surface area contributed by atoms with Crippen LogP contribution in [0.15, 0.2) is 30.5 Å². The second kappa shape index (κ2) is 11.2. The Bertz CT molecular complexity index is 950. The van der Waals surface area contributed by atoms with Gasteiger partial charge in [-0.05, 0) is 36.8 Å². The van der Waals surface area contributed by atoms with Crippen molar-refractivity contribution in [3.63, 3.8) is 0 Å². The fourth-order valence-corrected chi connectivity index (χ4v) is 4.55. The molecule has 0 aliphatic carbocycles. The zero-order valence-corrected chi connectivity index (χ0v) is 19.1. The lowest BCUT2D eigenvalue weighted by Gasteiger charge is -2.22. The van der Waals surface area contributed by atoms with Crippen LogP contribution in [0.5, 0.6) is 0 Å². The minimum absolute atomic E-state index is 0.178. The molecule has 2 heterocycles. The van der Waals surface area contributed by atoms with Gasteiger partial charge in [-0.1, -0.05) is 44.9 Å². The van der Waals surface area contributed by atoms with Crippen LogP contribution in [0, 0.1) is 11.8 Å². The van der Waals surface area contributed by atoms with Crippen LogP contribution in [0.3, 0.4) is 0 Å². The van der Waals surface area contributed by atoms with Crippen molar-refractivity contribution in [2.45, 2.75) is 71.4 Å². The van der Waals surface area contributed by atoms with E-state index in [-0.39, 0.29) is 24.2 Å². The number of para-hydroxylation sites is 1. The highest BCUT2D eigenvalue weighted by atomic mass is 16.4. The van der Waals surface area contributed by atoms with E-state index in [0.717, 1.165) is 48.7 Å². The maximum atomic E-state index is 13.0. The van der Waals surface area contributed by atoms with Crippen molar-refractivity contribution in [1.82, 2.24) is 15.2 Å². The molecule has 1 aromatic heterocycles. The highest BCUT2D eigenvalue weighted by Gasteiger charge is 2.28. The third-order valence-corrected chi connectivity index (χ3v) is 6.10. The van der Waals surface area contributed by atoms with Gasteiger partial charge in [-0.25, -0.2) is 0 Å². The molecule has 7 nitrogen and oxygen atoms in total. The zero-order chi connectivity index (χ0) is 23.1. The van der Waals surface area contributed by atoms with E-state index in [0.29, 0.717) is 19.4 Å². The lowest BCUT2D eigenvalue weighted by Crippen LogP contribution is -2.50. The summed E-state index contributed by atoms with van der Waals surface area (Å²) in [5.74, 6) is -2.07. The van der Waals surface area contributed by atoms with E-state index in [2.05, 4.69) is 33.5 Å². The van der Waals surface area contributed by atoms with Gasteiger partial charge in [0, 0.05) is 42.5 Å². The number of carbonyl (C=O) groups excluding carboxylic acids is 2. The number of hydrogen-bond donors (Lipinski definition) is 3. The van der Waals surface area contributed by atoms with Gasteiger partial charge in [0.25, 0.3) is 0 Å². The number of aliphatic carboxylic acids is 1. The monoisotopic (exact) mass is 441 g/mol. The van der Waals surface area contributed by atoms with Crippen LogP contribution >= 0.6 is 0 Å². The Morgan fingerprint density at radius 2 is 1.94 bits per heavy atom. The number of nitrogens with zero attached hydrogens (tertiary/aromatic N) is 1. The fraction of sp³-hybridized carbons (Fsp3) is 0.560. The van der Waals surface area contributed by atoms with Crippen LogP contribution in [-0.2, 0) is 27.3 Å². The van der Waals surface area contributed by atoms with Crippen LogP contribution in [-0.4, -0.2) is 40.0 Å². The molecule has 7 heteroatoms. The first kappa shape index (κ1) is 23.8. The number of aromatic nitrogens is 1. The number of hydrogen-bond acceptors (Lipinski definition) is 3. The van der Waals surface area contributed by atoms with Crippen molar-refractivity contribution in [2.24, 2.45) is 11.8 Å². The predicted octanol–water partition coefficient (Wildman–Crippen LogP) is 3.50. The summed E-state index contributed by atoms with van der Waals surface area (Å²) >= 11 is 0. The average Bonchev–Trinajstić information content (AvgIpc) is 3.08. The standard InChI is InChI=1S/C25H35N3O4/c1-17(2)13-18(15-23(29)30)24(31)27-21-14-19-16-28(22-10-6-5-9-20(19)22)12-8-4-3-7-11-26-25(21)32/h5-6,9-10,16-18,21H,3-4,7-8,11-15H2,1-2H3,(H,26,32)(H,27,31)(H,29,30)/t18-,21+/m1/s1. The van der Waals surface area contributed by atoms with E-state index in [1.54, 1.807) is 0 Å². The number of benzene rings is 1. The van der Waals surface area contributed by atoms with Crippen LogP contribution < -0.4 is 10.6 Å². The Kier molecular flexibility index (Phi) is 8.31. The first-order chi connectivity index (χ1) is 15.3. The first-order valence-corrected chi connectivity index (χ1v) is 11.7. The molecule has 1 aliphatic rings. The molecule has 0 spiro atoms. The molecule has 0 saturated heterocycles. The molecule has 2 aromatic rings. The SMILES string of the molecule is CC(C)C[C@H](CC(=O)O)C(=O)N[C@H]1Cc2cn(c3ccccc23)CCCCCCNC1=O. The third-order valence-electron chi connectivity index (χ3n) is 6.10. The molecular formula is C25H35N3O4. The molecule has 0 saturated carbocycles. The van der Waals surface area contributed by atoms with Crippen molar-refractivity contribution in [2.75, 3.05) is 6.54 Å². The van der Waals surface area contributed by atoms with Gasteiger partial charge in [-0.3, -0.25) is 14.4 Å². The van der Waals surface area contributed by atoms with Gasteiger partial charge in [-0.15, -0.1) is 0 Å². The highest BCUT2D eigenvalue weighted by molar-refractivity contribution is 5.91. The van der Waals surface area contributed by atoms with E-state index in [4.69, 9.17) is 0 Å². The number of carboxylic acids is 1. The van der Waals surface area contributed by atoms with Gasteiger partial charge in [0.05, 0.1) is 6.42 Å². The van der Waals surface area contributed by atoms with Gasteiger partial charge in [0.2, 0.25) is 11.8 Å². The van der Waals surface area contributed by atoms with Crippen molar-refractivity contribution in [3.05, 3.63) is 36.0 Å². The smallest absolute Gasteiger partial charge is 0.304 e. The quantitative estimate of drug-likeness (QED) is 0.639. The van der Waals surface area contributed by atoms with Crippen molar-refractivity contribution >= 4 is 28.7 Å². The second-order valence-corrected chi connectivity index (χ2v) is 9.26. The Balaban J connectivity index is 1.88. The Hall–Kier alpha value is -2.83. The number of fused-ring (bicyclic) bond motifs is 5. The number of aryl methyl sites for hydroxylation is 1. The first-order valence-electron chi connectivity index (χ1n) is 11.7. The Morgan fingerprint density at radius 3 is 2.69 bits per heavy atom. The summed E-state index contributed by atoms with van der Waals surface area (Å²) in [6.45, 7) is 5.42. The Labute approximate surface area is 189 Å². The van der Waals surface area contributed by atoms with E-state index in [1.807, 2.05) is 26.0 Å². The summed E-state index contributed by atoms with van der Waals surface area (Å²) in [6, 6.07) is 7.39. The summed E-state index contributed by atoms with van der Waals surface area (Å²) in [6.07, 6.45) is 6.81. The molecule has 2 amide bonds. The molecule has 3 N–H and O–H groups in total. The molecule has 32 heavy (non-hydrogen) atoms. The molecule has 0 fully saturated rings. The number of carbonyl (C=O) groups is 3. The Morgan fingerprint density at radius 1 is 1.19 bits per heavy atom. The van der Waals surface area contributed by atoms with Crippen molar-refractivity contribution in [1.29, 1.82) is 0 Å². The van der Waals surface area contributed by atoms with Gasteiger partial charge in [-0.2, -0.15) is 0 Å². The molecule has 1 aromatic carbocycles. The van der Waals surface area contributed by atoms with Gasteiger partial charge < -0.3 is 20.3 Å². The summed E-state index contributed by atoms with van der Waals surface area (Å²) in [7, 11) is 0. The lowest BCUT2D eigenvalue weighted by molar-refractivity contribution is -0.141. The second-order valence-electron chi connectivity index (χ2n) is 9.26. The van der Waals surface area contributed by atoms with Gasteiger partial charge in [0.15, 0.2) is 0 Å². The molecule has 2 bridgehead atoms. The van der Waals surface area contributed by atoms with Crippen LogP contribution in [0.1, 0.15) is 57.9 Å². The molecule has 0 unspecified atom stereocenters. The molecule has 3 rings (SSSR count). The predicted molar refractivity (Wildman–Crippen MR) is 124 cm³/mol.